The molecule has 0 radical (unpaired) electrons. The number of aliphatic hydroxyl groups excluding tert-OH is 2. The minimum Gasteiger partial charge on any atom is -0.394 e. The summed E-state index contributed by atoms with van der Waals surface area (Å²) in [6.45, 7) is -0.236. The van der Waals surface area contributed by atoms with Crippen LogP contribution in [-0.2, 0) is 16.1 Å². The Morgan fingerprint density at radius 1 is 1.00 bits per heavy atom. The first-order chi connectivity index (χ1) is 15.0. The van der Waals surface area contributed by atoms with Gasteiger partial charge in [-0.3, -0.25) is 14.9 Å². The zero-order chi connectivity index (χ0) is 21.7. The Morgan fingerprint density at radius 3 is 2.52 bits per heavy atom. The van der Waals surface area contributed by atoms with Crippen LogP contribution in [0, 0.1) is 0 Å². The van der Waals surface area contributed by atoms with Gasteiger partial charge in [0.1, 0.15) is 0 Å². The first-order valence-corrected chi connectivity index (χ1v) is 10.5. The monoisotopic (exact) mass is 479 g/mol. The summed E-state index contributed by atoms with van der Waals surface area (Å²) in [5.74, 6) is -0.920. The molecule has 1 aliphatic heterocycles. The number of nitrogens with zero attached hydrogens (tertiary/aromatic N) is 1. The van der Waals surface area contributed by atoms with Gasteiger partial charge in [0.15, 0.2) is 0 Å². The molecule has 2 aromatic carbocycles. The number of para-hydroxylation sites is 1. The molecular weight excluding hydrogens is 462 g/mol. The highest BCUT2D eigenvalue weighted by atomic mass is 79.9. The SMILES string of the molecule is O=C1NC(=O)C(c2cn(CC(O)CO)c3cccc(Br)c23)=C1c1c[nH]c2ccccc12. The van der Waals surface area contributed by atoms with E-state index in [0.29, 0.717) is 16.7 Å². The van der Waals surface area contributed by atoms with Gasteiger partial charge in [-0.25, -0.2) is 0 Å². The van der Waals surface area contributed by atoms with Gasteiger partial charge in [-0.1, -0.05) is 40.2 Å². The van der Waals surface area contributed by atoms with Crippen LogP contribution < -0.4 is 5.32 Å². The molecule has 0 spiro atoms. The van der Waals surface area contributed by atoms with Crippen molar-refractivity contribution in [3.05, 3.63) is 70.5 Å². The summed E-state index contributed by atoms with van der Waals surface area (Å²) in [7, 11) is 0. The van der Waals surface area contributed by atoms with E-state index in [1.54, 1.807) is 17.0 Å². The van der Waals surface area contributed by atoms with Crippen molar-refractivity contribution in [2.45, 2.75) is 12.6 Å². The average Bonchev–Trinajstić information content (AvgIpc) is 3.42. The van der Waals surface area contributed by atoms with Crippen LogP contribution in [0.4, 0.5) is 0 Å². The third-order valence-electron chi connectivity index (χ3n) is 5.53. The predicted molar refractivity (Wildman–Crippen MR) is 121 cm³/mol. The number of fused-ring (bicyclic) bond motifs is 2. The summed E-state index contributed by atoms with van der Waals surface area (Å²) in [6, 6.07) is 13.2. The van der Waals surface area contributed by atoms with Gasteiger partial charge in [0.25, 0.3) is 11.8 Å². The van der Waals surface area contributed by atoms with Crippen LogP contribution in [0.25, 0.3) is 33.0 Å². The van der Waals surface area contributed by atoms with Crippen LogP contribution in [0.1, 0.15) is 11.1 Å². The average molecular weight is 480 g/mol. The molecule has 1 aliphatic rings. The van der Waals surface area contributed by atoms with Crippen LogP contribution >= 0.6 is 15.9 Å². The number of nitrogens with one attached hydrogen (secondary N) is 2. The van der Waals surface area contributed by atoms with E-state index in [4.69, 9.17) is 0 Å². The number of aliphatic hydroxyl groups is 2. The molecule has 156 valence electrons. The molecule has 4 aromatic rings. The minimum absolute atomic E-state index is 0.148. The Kier molecular flexibility index (Phi) is 4.77. The van der Waals surface area contributed by atoms with Crippen LogP contribution in [0.5, 0.6) is 0 Å². The second kappa shape index (κ2) is 7.49. The van der Waals surface area contributed by atoms with Gasteiger partial charge < -0.3 is 19.8 Å². The normalized spacial score (nSPS) is 15.3. The van der Waals surface area contributed by atoms with Gasteiger partial charge in [-0.15, -0.1) is 0 Å². The van der Waals surface area contributed by atoms with Gasteiger partial charge in [0.05, 0.1) is 30.4 Å². The number of aromatic nitrogens is 2. The maximum atomic E-state index is 13.0. The fraction of sp³-hybridized carbons (Fsp3) is 0.130. The number of hydrogen-bond acceptors (Lipinski definition) is 4. The Balaban J connectivity index is 1.81. The molecule has 2 aromatic heterocycles. The summed E-state index contributed by atoms with van der Waals surface area (Å²) in [4.78, 5) is 29.0. The van der Waals surface area contributed by atoms with Crippen molar-refractivity contribution in [3.63, 3.8) is 0 Å². The highest BCUT2D eigenvalue weighted by Gasteiger charge is 2.35. The lowest BCUT2D eigenvalue weighted by atomic mass is 9.95. The predicted octanol–water partition coefficient (Wildman–Crippen LogP) is 2.81. The van der Waals surface area contributed by atoms with Crippen molar-refractivity contribution in [1.82, 2.24) is 14.9 Å². The highest BCUT2D eigenvalue weighted by Crippen LogP contribution is 2.40. The third-order valence-corrected chi connectivity index (χ3v) is 6.19. The standard InChI is InChI=1S/C23H18BrN3O4/c24-16-5-3-7-18-19(16)15(10-27(18)9-12(29)11-28)21-20(22(30)26-23(21)31)14-8-25-17-6-2-1-4-13(14)17/h1-8,10,12,25,28-29H,9,11H2,(H,26,30,31). The number of imide groups is 1. The molecule has 0 bridgehead atoms. The van der Waals surface area contributed by atoms with Crippen LogP contribution in [0.2, 0.25) is 0 Å². The number of rotatable bonds is 5. The molecule has 1 atom stereocenters. The lowest BCUT2D eigenvalue weighted by molar-refractivity contribution is -0.122. The quantitative estimate of drug-likeness (QED) is 0.330. The van der Waals surface area contributed by atoms with E-state index in [-0.39, 0.29) is 18.7 Å². The molecule has 3 heterocycles. The van der Waals surface area contributed by atoms with E-state index in [1.165, 1.54) is 0 Å². The Hall–Kier alpha value is -3.20. The van der Waals surface area contributed by atoms with Gasteiger partial charge in [-0.2, -0.15) is 0 Å². The van der Waals surface area contributed by atoms with Gasteiger partial charge in [0.2, 0.25) is 0 Å². The molecule has 2 amide bonds. The Labute approximate surface area is 185 Å². The summed E-state index contributed by atoms with van der Waals surface area (Å²) in [6.07, 6.45) is 2.53. The minimum atomic E-state index is -0.955. The molecule has 7 nitrogen and oxygen atoms in total. The molecule has 5 rings (SSSR count). The number of carbonyl (C=O) groups excluding carboxylic acids is 2. The van der Waals surface area contributed by atoms with Gasteiger partial charge in [0, 0.05) is 49.8 Å². The summed E-state index contributed by atoms with van der Waals surface area (Å²) < 4.78 is 2.54. The van der Waals surface area contributed by atoms with Gasteiger partial charge in [-0.05, 0) is 18.2 Å². The van der Waals surface area contributed by atoms with E-state index in [9.17, 15) is 19.8 Å². The number of amides is 2. The maximum Gasteiger partial charge on any atom is 0.259 e. The molecule has 8 heteroatoms. The van der Waals surface area contributed by atoms with Crippen molar-refractivity contribution in [2.75, 3.05) is 6.61 Å². The second-order valence-electron chi connectivity index (χ2n) is 7.45. The van der Waals surface area contributed by atoms with E-state index >= 15 is 0 Å². The van der Waals surface area contributed by atoms with Crippen molar-refractivity contribution >= 4 is 60.7 Å². The Bertz CT molecular complexity index is 1400. The number of carbonyl (C=O) groups is 2. The molecule has 0 saturated heterocycles. The number of aromatic amines is 1. The topological polar surface area (TPSA) is 107 Å². The summed E-state index contributed by atoms with van der Waals surface area (Å²) >= 11 is 3.56. The van der Waals surface area contributed by atoms with E-state index in [0.717, 1.165) is 26.3 Å². The van der Waals surface area contributed by atoms with Crippen LogP contribution in [0.15, 0.2) is 59.3 Å². The molecule has 31 heavy (non-hydrogen) atoms. The van der Waals surface area contributed by atoms with Crippen molar-refractivity contribution in [3.8, 4) is 0 Å². The van der Waals surface area contributed by atoms with E-state index in [2.05, 4.69) is 26.2 Å². The molecular formula is C23H18BrN3O4. The van der Waals surface area contributed by atoms with Crippen molar-refractivity contribution < 1.29 is 19.8 Å². The second-order valence-corrected chi connectivity index (χ2v) is 8.30. The lowest BCUT2D eigenvalue weighted by Gasteiger charge is -2.09. The first kappa shape index (κ1) is 19.7. The van der Waals surface area contributed by atoms with Gasteiger partial charge >= 0.3 is 0 Å². The van der Waals surface area contributed by atoms with E-state index in [1.807, 2.05) is 42.5 Å². The number of H-pyrrole nitrogens is 1. The Morgan fingerprint density at radius 2 is 1.74 bits per heavy atom. The molecule has 0 aliphatic carbocycles. The van der Waals surface area contributed by atoms with Crippen LogP contribution in [-0.4, -0.2) is 44.3 Å². The van der Waals surface area contributed by atoms with Crippen molar-refractivity contribution in [1.29, 1.82) is 0 Å². The lowest BCUT2D eigenvalue weighted by Crippen LogP contribution is -2.22. The summed E-state index contributed by atoms with van der Waals surface area (Å²) in [5, 5.41) is 23.3. The first-order valence-electron chi connectivity index (χ1n) is 9.72. The fourth-order valence-electron chi connectivity index (χ4n) is 4.18. The zero-order valence-electron chi connectivity index (χ0n) is 16.2. The molecule has 4 N–H and O–H groups in total. The van der Waals surface area contributed by atoms with Crippen molar-refractivity contribution in [2.24, 2.45) is 0 Å². The maximum absolute atomic E-state index is 13.0. The summed E-state index contributed by atoms with van der Waals surface area (Å²) in [5.41, 5.74) is 3.46. The van der Waals surface area contributed by atoms with Crippen LogP contribution in [0.3, 0.4) is 0 Å². The largest absolute Gasteiger partial charge is 0.394 e. The number of benzene rings is 2. The molecule has 0 fully saturated rings. The number of hydrogen-bond donors (Lipinski definition) is 4. The smallest absolute Gasteiger partial charge is 0.259 e. The fourth-order valence-corrected chi connectivity index (χ4v) is 4.75. The highest BCUT2D eigenvalue weighted by molar-refractivity contribution is 9.10. The number of halogens is 1. The zero-order valence-corrected chi connectivity index (χ0v) is 17.8. The molecule has 0 saturated carbocycles. The molecule has 1 unspecified atom stereocenters. The third kappa shape index (κ3) is 3.11. The van der Waals surface area contributed by atoms with E-state index < -0.39 is 17.9 Å².